The average Bonchev–Trinajstić information content (AvgIpc) is 2.64. The van der Waals surface area contributed by atoms with Gasteiger partial charge in [-0.1, -0.05) is 13.8 Å². The Balaban J connectivity index is 2.73. The fourth-order valence-corrected chi connectivity index (χ4v) is 1.66. The fraction of sp³-hybridized carbons (Fsp3) is 0.727. The average molecular weight is 210 g/mol. The second-order valence-electron chi connectivity index (χ2n) is 4.74. The normalized spacial score (nSPS) is 11.8. The highest BCUT2D eigenvalue weighted by atomic mass is 15.3. The lowest BCUT2D eigenvalue weighted by Crippen LogP contribution is -2.37. The van der Waals surface area contributed by atoms with Crippen molar-refractivity contribution >= 4 is 5.95 Å². The van der Waals surface area contributed by atoms with E-state index in [1.165, 1.54) is 0 Å². The largest absolute Gasteiger partial charge is 0.345 e. The lowest BCUT2D eigenvalue weighted by atomic mass is 9.93. The molecule has 0 aliphatic carbocycles. The number of nitrogens with two attached hydrogens (primary N) is 1. The monoisotopic (exact) mass is 210 g/mol. The maximum atomic E-state index is 5.72. The summed E-state index contributed by atoms with van der Waals surface area (Å²) in [5, 5.41) is 0. The van der Waals surface area contributed by atoms with Gasteiger partial charge in [-0.05, 0) is 18.9 Å². The summed E-state index contributed by atoms with van der Waals surface area (Å²) >= 11 is 0. The Morgan fingerprint density at radius 3 is 2.73 bits per heavy atom. The SMILES string of the molecule is CCn1ccnc1N(C)CC(C)(C)CN. The molecule has 0 spiro atoms. The van der Waals surface area contributed by atoms with E-state index >= 15 is 0 Å². The molecule has 0 aliphatic rings. The lowest BCUT2D eigenvalue weighted by Gasteiger charge is -2.29. The van der Waals surface area contributed by atoms with Crippen molar-refractivity contribution in [2.24, 2.45) is 11.1 Å². The molecule has 0 saturated carbocycles. The summed E-state index contributed by atoms with van der Waals surface area (Å²) in [6.45, 7) is 9.01. The maximum Gasteiger partial charge on any atom is 0.205 e. The molecule has 0 saturated heterocycles. The zero-order valence-electron chi connectivity index (χ0n) is 10.2. The minimum Gasteiger partial charge on any atom is -0.345 e. The molecular formula is C11H22N4. The van der Waals surface area contributed by atoms with Gasteiger partial charge in [-0.2, -0.15) is 0 Å². The highest BCUT2D eigenvalue weighted by Gasteiger charge is 2.20. The molecule has 0 aromatic carbocycles. The first kappa shape index (κ1) is 12.0. The van der Waals surface area contributed by atoms with Crippen molar-refractivity contribution in [2.75, 3.05) is 25.0 Å². The van der Waals surface area contributed by atoms with Crippen LogP contribution in [0.15, 0.2) is 12.4 Å². The molecule has 4 heteroatoms. The Labute approximate surface area is 92.1 Å². The molecule has 0 fully saturated rings. The Hall–Kier alpha value is -1.03. The van der Waals surface area contributed by atoms with Crippen LogP contribution in [0.5, 0.6) is 0 Å². The van der Waals surface area contributed by atoms with Crippen LogP contribution in [0.4, 0.5) is 5.95 Å². The summed E-state index contributed by atoms with van der Waals surface area (Å²) in [7, 11) is 2.06. The molecule has 1 aromatic heterocycles. The maximum absolute atomic E-state index is 5.72. The Bertz CT molecular complexity index is 303. The van der Waals surface area contributed by atoms with Crippen molar-refractivity contribution in [2.45, 2.75) is 27.3 Å². The highest BCUT2D eigenvalue weighted by Crippen LogP contribution is 2.18. The van der Waals surface area contributed by atoms with Gasteiger partial charge in [-0.15, -0.1) is 0 Å². The second kappa shape index (κ2) is 4.66. The Kier molecular flexibility index (Phi) is 3.74. The molecule has 86 valence electrons. The number of hydrogen-bond donors (Lipinski definition) is 1. The molecule has 1 aromatic rings. The zero-order chi connectivity index (χ0) is 11.5. The van der Waals surface area contributed by atoms with Crippen LogP contribution in [0.25, 0.3) is 0 Å². The van der Waals surface area contributed by atoms with E-state index in [0.29, 0.717) is 6.54 Å². The van der Waals surface area contributed by atoms with Crippen LogP contribution in [0.3, 0.4) is 0 Å². The zero-order valence-corrected chi connectivity index (χ0v) is 10.2. The first-order chi connectivity index (χ1) is 7.00. The van der Waals surface area contributed by atoms with Gasteiger partial charge in [0.2, 0.25) is 5.95 Å². The van der Waals surface area contributed by atoms with Crippen LogP contribution in [0.1, 0.15) is 20.8 Å². The molecule has 0 unspecified atom stereocenters. The van der Waals surface area contributed by atoms with Crippen molar-refractivity contribution in [1.29, 1.82) is 0 Å². The predicted molar refractivity (Wildman–Crippen MR) is 64.0 cm³/mol. The van der Waals surface area contributed by atoms with Crippen LogP contribution in [0.2, 0.25) is 0 Å². The third kappa shape index (κ3) is 2.96. The van der Waals surface area contributed by atoms with E-state index in [1.807, 2.05) is 12.4 Å². The van der Waals surface area contributed by atoms with E-state index in [4.69, 9.17) is 5.73 Å². The number of anilines is 1. The van der Waals surface area contributed by atoms with Gasteiger partial charge < -0.3 is 15.2 Å². The summed E-state index contributed by atoms with van der Waals surface area (Å²) in [6.07, 6.45) is 3.84. The van der Waals surface area contributed by atoms with Gasteiger partial charge in [0.25, 0.3) is 0 Å². The minimum absolute atomic E-state index is 0.124. The second-order valence-corrected chi connectivity index (χ2v) is 4.74. The molecule has 0 amide bonds. The Morgan fingerprint density at radius 2 is 2.20 bits per heavy atom. The Morgan fingerprint density at radius 1 is 1.53 bits per heavy atom. The molecule has 0 atom stereocenters. The first-order valence-electron chi connectivity index (χ1n) is 5.42. The van der Waals surface area contributed by atoms with Crippen LogP contribution >= 0.6 is 0 Å². The van der Waals surface area contributed by atoms with Gasteiger partial charge in [0.15, 0.2) is 0 Å². The number of rotatable bonds is 5. The summed E-state index contributed by atoms with van der Waals surface area (Å²) < 4.78 is 2.13. The molecule has 2 N–H and O–H groups in total. The van der Waals surface area contributed by atoms with E-state index in [0.717, 1.165) is 19.0 Å². The van der Waals surface area contributed by atoms with Crippen LogP contribution in [-0.2, 0) is 6.54 Å². The molecular weight excluding hydrogens is 188 g/mol. The molecule has 0 radical (unpaired) electrons. The third-order valence-electron chi connectivity index (χ3n) is 2.59. The topological polar surface area (TPSA) is 47.1 Å². The van der Waals surface area contributed by atoms with Crippen molar-refractivity contribution in [3.8, 4) is 0 Å². The summed E-state index contributed by atoms with van der Waals surface area (Å²) in [4.78, 5) is 6.52. The number of aromatic nitrogens is 2. The third-order valence-corrected chi connectivity index (χ3v) is 2.59. The molecule has 1 heterocycles. The smallest absolute Gasteiger partial charge is 0.205 e. The van der Waals surface area contributed by atoms with E-state index in [9.17, 15) is 0 Å². The number of imidazole rings is 1. The van der Waals surface area contributed by atoms with E-state index in [2.05, 4.69) is 42.3 Å². The van der Waals surface area contributed by atoms with E-state index < -0.39 is 0 Å². The molecule has 0 bridgehead atoms. The van der Waals surface area contributed by atoms with Gasteiger partial charge in [-0.25, -0.2) is 4.98 Å². The minimum atomic E-state index is 0.124. The van der Waals surface area contributed by atoms with Crippen molar-refractivity contribution in [1.82, 2.24) is 9.55 Å². The standard InChI is InChI=1S/C11H22N4/c1-5-15-7-6-13-10(15)14(4)9-11(2,3)8-12/h6-7H,5,8-9,12H2,1-4H3. The molecule has 1 rings (SSSR count). The van der Waals surface area contributed by atoms with Crippen molar-refractivity contribution in [3.05, 3.63) is 12.4 Å². The van der Waals surface area contributed by atoms with Gasteiger partial charge in [-0.3, -0.25) is 0 Å². The number of nitrogens with zero attached hydrogens (tertiary/aromatic N) is 3. The number of hydrogen-bond acceptors (Lipinski definition) is 3. The molecule has 15 heavy (non-hydrogen) atoms. The summed E-state index contributed by atoms with van der Waals surface area (Å²) in [5.41, 5.74) is 5.85. The quantitative estimate of drug-likeness (QED) is 0.797. The summed E-state index contributed by atoms with van der Waals surface area (Å²) in [6, 6.07) is 0. The molecule has 0 aliphatic heterocycles. The van der Waals surface area contributed by atoms with Gasteiger partial charge >= 0.3 is 0 Å². The van der Waals surface area contributed by atoms with Crippen LogP contribution < -0.4 is 10.6 Å². The van der Waals surface area contributed by atoms with Gasteiger partial charge in [0.1, 0.15) is 0 Å². The van der Waals surface area contributed by atoms with Crippen molar-refractivity contribution in [3.63, 3.8) is 0 Å². The summed E-state index contributed by atoms with van der Waals surface area (Å²) in [5.74, 6) is 1.01. The van der Waals surface area contributed by atoms with Crippen LogP contribution in [-0.4, -0.2) is 29.7 Å². The number of aryl methyl sites for hydroxylation is 1. The molecule has 4 nitrogen and oxygen atoms in total. The van der Waals surface area contributed by atoms with E-state index in [-0.39, 0.29) is 5.41 Å². The van der Waals surface area contributed by atoms with Crippen molar-refractivity contribution < 1.29 is 0 Å². The first-order valence-corrected chi connectivity index (χ1v) is 5.42. The van der Waals surface area contributed by atoms with Gasteiger partial charge in [0, 0.05) is 32.5 Å². The highest BCUT2D eigenvalue weighted by molar-refractivity contribution is 5.30. The lowest BCUT2D eigenvalue weighted by molar-refractivity contribution is 0.382. The van der Waals surface area contributed by atoms with Crippen LogP contribution in [0, 0.1) is 5.41 Å². The van der Waals surface area contributed by atoms with Gasteiger partial charge in [0.05, 0.1) is 0 Å². The predicted octanol–water partition coefficient (Wildman–Crippen LogP) is 1.32. The van der Waals surface area contributed by atoms with E-state index in [1.54, 1.807) is 0 Å². The fourth-order valence-electron chi connectivity index (χ4n) is 1.66.